The third-order valence-corrected chi connectivity index (χ3v) is 7.99. The maximum Gasteiger partial charge on any atom is 0.416 e. The molecule has 1 aliphatic carbocycles. The van der Waals surface area contributed by atoms with Gasteiger partial charge in [-0.3, -0.25) is 10.1 Å². The van der Waals surface area contributed by atoms with E-state index >= 15 is 0 Å². The number of benzene rings is 4. The molecule has 1 amide bonds. The van der Waals surface area contributed by atoms with Crippen molar-refractivity contribution in [1.82, 2.24) is 5.32 Å². The second-order valence-electron chi connectivity index (χ2n) is 11.1. The summed E-state index contributed by atoms with van der Waals surface area (Å²) < 4.78 is 44.3. The summed E-state index contributed by atoms with van der Waals surface area (Å²) >= 11 is 0. The molecular weight excluding hydrogens is 579 g/mol. The van der Waals surface area contributed by atoms with Crippen LogP contribution in [0, 0.1) is 0 Å². The molecule has 4 aromatic rings. The van der Waals surface area contributed by atoms with Gasteiger partial charge in [-0.15, -0.1) is 0 Å². The van der Waals surface area contributed by atoms with E-state index in [0.29, 0.717) is 29.0 Å². The predicted molar refractivity (Wildman–Crippen MR) is 170 cm³/mol. The Morgan fingerprint density at radius 1 is 0.778 bits per heavy atom. The number of halogens is 3. The Kier molecular flexibility index (Phi) is 10.2. The molecule has 0 aromatic heterocycles. The molecule has 1 fully saturated rings. The monoisotopic (exact) mass is 615 g/mol. The van der Waals surface area contributed by atoms with Gasteiger partial charge in [0.15, 0.2) is 0 Å². The third-order valence-electron chi connectivity index (χ3n) is 7.99. The number of ether oxygens (including phenoxy) is 1. The molecule has 6 nitrogen and oxygen atoms in total. The van der Waals surface area contributed by atoms with Gasteiger partial charge < -0.3 is 15.4 Å². The largest absolute Gasteiger partial charge is 0.465 e. The molecule has 3 N–H and O–H groups in total. The van der Waals surface area contributed by atoms with Crippen LogP contribution >= 0.6 is 0 Å². The van der Waals surface area contributed by atoms with Gasteiger partial charge in [0.25, 0.3) is 5.91 Å². The maximum atomic E-state index is 13.2. The summed E-state index contributed by atoms with van der Waals surface area (Å²) in [7, 11) is 0. The topological polar surface area (TPSA) is 79.5 Å². The minimum absolute atomic E-state index is 0.195. The van der Waals surface area contributed by atoms with E-state index in [9.17, 15) is 22.8 Å². The first-order valence-corrected chi connectivity index (χ1v) is 15.1. The van der Waals surface area contributed by atoms with Gasteiger partial charge in [0.2, 0.25) is 0 Å². The van der Waals surface area contributed by atoms with E-state index in [0.717, 1.165) is 49.1 Å². The molecule has 5 rings (SSSR count). The molecule has 0 aliphatic heterocycles. The molecule has 0 spiro atoms. The lowest BCUT2D eigenvalue weighted by Crippen LogP contribution is -2.41. The van der Waals surface area contributed by atoms with Gasteiger partial charge in [-0.05, 0) is 91.8 Å². The molecule has 1 saturated carbocycles. The summed E-state index contributed by atoms with van der Waals surface area (Å²) in [5.74, 6) is -0.618. The molecule has 45 heavy (non-hydrogen) atoms. The smallest absolute Gasteiger partial charge is 0.416 e. The quantitative estimate of drug-likeness (QED) is 0.157. The van der Waals surface area contributed by atoms with Gasteiger partial charge in [0.1, 0.15) is 6.04 Å². The Bertz CT molecular complexity index is 1570. The van der Waals surface area contributed by atoms with Crippen LogP contribution in [0.15, 0.2) is 103 Å². The second kappa shape index (κ2) is 14.4. The number of hydrogen-bond donors (Lipinski definition) is 3. The summed E-state index contributed by atoms with van der Waals surface area (Å²) in [6.07, 6.45) is -0.743. The van der Waals surface area contributed by atoms with Crippen molar-refractivity contribution in [2.24, 2.45) is 0 Å². The van der Waals surface area contributed by atoms with E-state index in [4.69, 9.17) is 4.74 Å². The van der Waals surface area contributed by atoms with Crippen molar-refractivity contribution in [3.8, 4) is 11.1 Å². The number of carbonyl (C=O) groups excluding carboxylic acids is 2. The van der Waals surface area contributed by atoms with Crippen molar-refractivity contribution >= 4 is 23.3 Å². The van der Waals surface area contributed by atoms with Crippen LogP contribution in [0.25, 0.3) is 11.1 Å². The van der Waals surface area contributed by atoms with Gasteiger partial charge in [0.05, 0.1) is 12.2 Å². The van der Waals surface area contributed by atoms with Crippen molar-refractivity contribution in [1.29, 1.82) is 0 Å². The standard InChI is InChI=1S/C36H36F3N3O3/c1-2-45-35(44)33(25-8-4-3-5-9-25)41-29-20-16-27(17-21-29)40-28-18-22-30(23-19-28)42-34(43)32-11-7-6-10-31(32)24-12-14-26(15-13-24)36(37,38)39/h3-15,18-19,22-23,27,29,33,40-41H,2,16-17,20-21H2,1H3,(H,42,43). The summed E-state index contributed by atoms with van der Waals surface area (Å²) in [6.45, 7) is 2.14. The van der Waals surface area contributed by atoms with Crippen molar-refractivity contribution < 1.29 is 27.5 Å². The average Bonchev–Trinajstić information content (AvgIpc) is 3.05. The van der Waals surface area contributed by atoms with E-state index in [1.165, 1.54) is 12.1 Å². The van der Waals surface area contributed by atoms with Crippen LogP contribution in [0.1, 0.15) is 60.1 Å². The highest BCUT2D eigenvalue weighted by atomic mass is 19.4. The molecule has 1 unspecified atom stereocenters. The Hall–Kier alpha value is -4.63. The number of esters is 1. The van der Waals surface area contributed by atoms with E-state index in [1.807, 2.05) is 61.5 Å². The fourth-order valence-electron chi connectivity index (χ4n) is 5.67. The Morgan fingerprint density at radius 3 is 2.02 bits per heavy atom. The highest BCUT2D eigenvalue weighted by molar-refractivity contribution is 6.08. The Balaban J connectivity index is 1.15. The molecule has 234 valence electrons. The number of rotatable bonds is 10. The molecule has 4 aromatic carbocycles. The Labute approximate surface area is 261 Å². The van der Waals surface area contributed by atoms with Crippen LogP contribution in [0.2, 0.25) is 0 Å². The molecule has 0 bridgehead atoms. The molecule has 9 heteroatoms. The van der Waals surface area contributed by atoms with E-state index in [2.05, 4.69) is 16.0 Å². The summed E-state index contributed by atoms with van der Waals surface area (Å²) in [5.41, 5.74) is 3.13. The minimum atomic E-state index is -4.43. The minimum Gasteiger partial charge on any atom is -0.465 e. The zero-order valence-corrected chi connectivity index (χ0v) is 24.9. The molecule has 1 atom stereocenters. The lowest BCUT2D eigenvalue weighted by atomic mass is 9.90. The van der Waals surface area contributed by atoms with Crippen LogP contribution < -0.4 is 16.0 Å². The average molecular weight is 616 g/mol. The number of hydrogen-bond acceptors (Lipinski definition) is 5. The van der Waals surface area contributed by atoms with Gasteiger partial charge in [-0.1, -0.05) is 60.7 Å². The van der Waals surface area contributed by atoms with Crippen molar-refractivity contribution in [2.75, 3.05) is 17.2 Å². The summed E-state index contributed by atoms with van der Waals surface area (Å²) in [6, 6.07) is 28.7. The molecule has 0 heterocycles. The van der Waals surface area contributed by atoms with Crippen LogP contribution in [0.4, 0.5) is 24.5 Å². The van der Waals surface area contributed by atoms with Crippen LogP contribution in [0.3, 0.4) is 0 Å². The Morgan fingerprint density at radius 2 is 1.38 bits per heavy atom. The predicted octanol–water partition coefficient (Wildman–Crippen LogP) is 8.24. The molecule has 0 radical (unpaired) electrons. The summed E-state index contributed by atoms with van der Waals surface area (Å²) in [5, 5.41) is 9.99. The fraction of sp³-hybridized carbons (Fsp3) is 0.278. The summed E-state index contributed by atoms with van der Waals surface area (Å²) in [4.78, 5) is 25.8. The SMILES string of the molecule is CCOC(=O)C(NC1CCC(Nc2ccc(NC(=O)c3ccccc3-c3ccc(C(F)(F)F)cc3)cc2)CC1)c1ccccc1. The zero-order chi connectivity index (χ0) is 31.8. The zero-order valence-electron chi connectivity index (χ0n) is 24.9. The first-order valence-electron chi connectivity index (χ1n) is 15.1. The normalized spacial score (nSPS) is 17.2. The van der Waals surface area contributed by atoms with Crippen molar-refractivity contribution in [2.45, 2.75) is 56.9 Å². The first kappa shape index (κ1) is 31.8. The van der Waals surface area contributed by atoms with E-state index in [-0.39, 0.29) is 24.0 Å². The van der Waals surface area contributed by atoms with Gasteiger partial charge in [-0.25, -0.2) is 4.79 Å². The van der Waals surface area contributed by atoms with E-state index in [1.54, 1.807) is 24.3 Å². The van der Waals surface area contributed by atoms with Crippen LogP contribution in [0.5, 0.6) is 0 Å². The van der Waals surface area contributed by atoms with Gasteiger partial charge >= 0.3 is 12.1 Å². The van der Waals surface area contributed by atoms with Crippen LogP contribution in [-0.2, 0) is 15.7 Å². The van der Waals surface area contributed by atoms with Crippen molar-refractivity contribution in [3.05, 3.63) is 120 Å². The highest BCUT2D eigenvalue weighted by Gasteiger charge is 2.30. The van der Waals surface area contributed by atoms with Gasteiger partial charge in [-0.2, -0.15) is 13.2 Å². The molecule has 0 saturated heterocycles. The van der Waals surface area contributed by atoms with E-state index < -0.39 is 17.8 Å². The molecule has 1 aliphatic rings. The number of anilines is 2. The van der Waals surface area contributed by atoms with Gasteiger partial charge in [0, 0.05) is 29.0 Å². The lowest BCUT2D eigenvalue weighted by molar-refractivity contribution is -0.146. The number of nitrogens with one attached hydrogen (secondary N) is 3. The lowest BCUT2D eigenvalue weighted by Gasteiger charge is -2.32. The number of alkyl halides is 3. The first-order chi connectivity index (χ1) is 21.7. The second-order valence-corrected chi connectivity index (χ2v) is 11.1. The fourth-order valence-corrected chi connectivity index (χ4v) is 5.67. The molecular formula is C36H36F3N3O3. The third kappa shape index (κ3) is 8.30. The number of carbonyl (C=O) groups is 2. The van der Waals surface area contributed by atoms with Crippen LogP contribution in [-0.4, -0.2) is 30.6 Å². The number of amides is 1. The maximum absolute atomic E-state index is 13.2. The van der Waals surface area contributed by atoms with Crippen molar-refractivity contribution in [3.63, 3.8) is 0 Å². The highest BCUT2D eigenvalue weighted by Crippen LogP contribution is 2.32.